The minimum atomic E-state index is -0.835. The van der Waals surface area contributed by atoms with Crippen molar-refractivity contribution in [2.75, 3.05) is 13.7 Å². The van der Waals surface area contributed by atoms with E-state index in [1.165, 1.54) is 14.0 Å². The van der Waals surface area contributed by atoms with Crippen LogP contribution >= 0.6 is 31.9 Å². The van der Waals surface area contributed by atoms with E-state index in [4.69, 9.17) is 4.74 Å². The fourth-order valence-electron chi connectivity index (χ4n) is 1.32. The minimum Gasteiger partial charge on any atom is -0.490 e. The molecule has 1 N–H and O–H groups in total. The van der Waals surface area contributed by atoms with Gasteiger partial charge in [0, 0.05) is 11.4 Å². The average Bonchev–Trinajstić information content (AvgIpc) is 2.34. The molecule has 1 rings (SSSR count). The molecule has 7 heteroatoms. The number of halogens is 2. The van der Waals surface area contributed by atoms with Gasteiger partial charge in [-0.25, -0.2) is 4.79 Å². The minimum absolute atomic E-state index is 0.00745. The summed E-state index contributed by atoms with van der Waals surface area (Å²) in [5.74, 6) is -0.306. The van der Waals surface area contributed by atoms with Gasteiger partial charge in [-0.2, -0.15) is 0 Å². The van der Waals surface area contributed by atoms with E-state index in [2.05, 4.69) is 41.9 Å². The lowest BCUT2D eigenvalue weighted by Gasteiger charge is -2.16. The number of esters is 1. The molecular formula is C12H13Br2NO4. The predicted molar refractivity (Wildman–Crippen MR) is 77.0 cm³/mol. The van der Waals surface area contributed by atoms with Crippen LogP contribution in [0.2, 0.25) is 0 Å². The molecule has 0 heterocycles. The van der Waals surface area contributed by atoms with E-state index in [0.717, 1.165) is 8.95 Å². The highest BCUT2D eigenvalue weighted by atomic mass is 79.9. The van der Waals surface area contributed by atoms with Crippen LogP contribution in [0.25, 0.3) is 0 Å². The van der Waals surface area contributed by atoms with Gasteiger partial charge in [0.15, 0.2) is 6.04 Å². The van der Waals surface area contributed by atoms with Gasteiger partial charge in [0.25, 0.3) is 0 Å². The molecule has 0 saturated heterocycles. The van der Waals surface area contributed by atoms with Crippen LogP contribution in [-0.2, 0) is 14.3 Å². The van der Waals surface area contributed by atoms with Crippen LogP contribution in [0, 0.1) is 0 Å². The summed E-state index contributed by atoms with van der Waals surface area (Å²) in [7, 11) is 1.26. The van der Waals surface area contributed by atoms with Gasteiger partial charge < -0.3 is 14.8 Å². The van der Waals surface area contributed by atoms with Gasteiger partial charge in [0.1, 0.15) is 12.4 Å². The first-order valence-electron chi connectivity index (χ1n) is 5.37. The number of carbonyl (C=O) groups is 2. The maximum atomic E-state index is 11.5. The van der Waals surface area contributed by atoms with Crippen molar-refractivity contribution in [1.82, 2.24) is 5.32 Å². The van der Waals surface area contributed by atoms with Crippen molar-refractivity contribution in [2.24, 2.45) is 0 Å². The van der Waals surface area contributed by atoms with Gasteiger partial charge in [-0.1, -0.05) is 15.9 Å². The Morgan fingerprint density at radius 2 is 2.05 bits per heavy atom. The molecule has 0 aromatic heterocycles. The first kappa shape index (κ1) is 16.0. The summed E-state index contributed by atoms with van der Waals surface area (Å²) >= 11 is 6.67. The Bertz CT molecular complexity index is 479. The molecule has 1 amide bonds. The zero-order chi connectivity index (χ0) is 14.4. The van der Waals surface area contributed by atoms with Crippen LogP contribution < -0.4 is 10.1 Å². The van der Waals surface area contributed by atoms with Gasteiger partial charge >= 0.3 is 5.97 Å². The van der Waals surface area contributed by atoms with E-state index in [0.29, 0.717) is 5.75 Å². The van der Waals surface area contributed by atoms with E-state index in [-0.39, 0.29) is 12.5 Å². The van der Waals surface area contributed by atoms with Crippen molar-refractivity contribution in [3.63, 3.8) is 0 Å². The highest BCUT2D eigenvalue weighted by Crippen LogP contribution is 2.28. The van der Waals surface area contributed by atoms with E-state index in [1.807, 2.05) is 12.1 Å². The lowest BCUT2D eigenvalue weighted by atomic mass is 10.3. The van der Waals surface area contributed by atoms with Crippen molar-refractivity contribution < 1.29 is 19.1 Å². The maximum absolute atomic E-state index is 11.5. The van der Waals surface area contributed by atoms with E-state index >= 15 is 0 Å². The molecule has 0 fully saturated rings. The lowest BCUT2D eigenvalue weighted by molar-refractivity contribution is -0.145. The number of amides is 1. The Labute approximate surface area is 127 Å². The first-order valence-corrected chi connectivity index (χ1v) is 6.95. The van der Waals surface area contributed by atoms with Crippen molar-refractivity contribution >= 4 is 43.7 Å². The molecular weight excluding hydrogens is 382 g/mol. The largest absolute Gasteiger partial charge is 0.490 e. The summed E-state index contributed by atoms with van der Waals surface area (Å²) < 4.78 is 11.7. The summed E-state index contributed by atoms with van der Waals surface area (Å²) in [6, 6.07) is 4.54. The Morgan fingerprint density at radius 3 is 2.58 bits per heavy atom. The monoisotopic (exact) mass is 393 g/mol. The number of hydrogen-bond donors (Lipinski definition) is 1. The Morgan fingerprint density at radius 1 is 1.37 bits per heavy atom. The van der Waals surface area contributed by atoms with Crippen LogP contribution in [0.5, 0.6) is 5.75 Å². The van der Waals surface area contributed by atoms with Crippen LogP contribution in [0.3, 0.4) is 0 Å². The third kappa shape index (κ3) is 5.20. The molecule has 1 aromatic carbocycles. The zero-order valence-electron chi connectivity index (χ0n) is 10.4. The van der Waals surface area contributed by atoms with Gasteiger partial charge in [-0.3, -0.25) is 4.79 Å². The number of nitrogens with one attached hydrogen (secondary N) is 1. The number of hydrogen-bond acceptors (Lipinski definition) is 4. The molecule has 0 radical (unpaired) electrons. The smallest absolute Gasteiger partial charge is 0.331 e. The number of benzene rings is 1. The number of rotatable bonds is 5. The molecule has 19 heavy (non-hydrogen) atoms. The van der Waals surface area contributed by atoms with Gasteiger partial charge in [-0.05, 0) is 34.1 Å². The third-order valence-corrected chi connectivity index (χ3v) is 3.28. The van der Waals surface area contributed by atoms with Crippen molar-refractivity contribution in [2.45, 2.75) is 13.0 Å². The zero-order valence-corrected chi connectivity index (χ0v) is 13.6. The average molecular weight is 395 g/mol. The second-order valence-corrected chi connectivity index (χ2v) is 5.43. The molecule has 0 spiro atoms. The van der Waals surface area contributed by atoms with Crippen molar-refractivity contribution in [3.8, 4) is 5.75 Å². The fourth-order valence-corrected chi connectivity index (χ4v) is 2.48. The molecule has 0 bridgehead atoms. The standard InChI is InChI=1S/C12H13Br2NO4/c1-7(16)15-10(12(17)18-2)6-19-11-4-3-8(13)5-9(11)14/h3-5,10H,6H2,1-2H3,(H,15,16). The molecule has 104 valence electrons. The van der Waals surface area contributed by atoms with E-state index in [1.54, 1.807) is 6.07 Å². The molecule has 0 aliphatic heterocycles. The summed E-state index contributed by atoms with van der Waals surface area (Å²) in [5.41, 5.74) is 0. The molecule has 0 saturated carbocycles. The Kier molecular flexibility index (Phi) is 6.30. The third-order valence-electron chi connectivity index (χ3n) is 2.16. The second kappa shape index (κ2) is 7.49. The van der Waals surface area contributed by atoms with E-state index in [9.17, 15) is 9.59 Å². The Balaban J connectivity index is 2.70. The number of methoxy groups -OCH3 is 1. The normalized spacial score (nSPS) is 11.6. The van der Waals surface area contributed by atoms with E-state index < -0.39 is 12.0 Å². The predicted octanol–water partition coefficient (Wildman–Crippen LogP) is 2.27. The highest BCUT2D eigenvalue weighted by molar-refractivity contribution is 9.11. The van der Waals surface area contributed by atoms with Crippen LogP contribution in [0.1, 0.15) is 6.92 Å². The summed E-state index contributed by atoms with van der Waals surface area (Å²) in [6.07, 6.45) is 0. The summed E-state index contributed by atoms with van der Waals surface area (Å²) in [4.78, 5) is 22.5. The molecule has 0 aliphatic rings. The maximum Gasteiger partial charge on any atom is 0.331 e. The lowest BCUT2D eigenvalue weighted by Crippen LogP contribution is -2.44. The van der Waals surface area contributed by atoms with Crippen molar-refractivity contribution in [3.05, 3.63) is 27.1 Å². The van der Waals surface area contributed by atoms with Crippen LogP contribution in [0.4, 0.5) is 0 Å². The SMILES string of the molecule is COC(=O)C(COc1ccc(Br)cc1Br)NC(C)=O. The quantitative estimate of drug-likeness (QED) is 0.778. The van der Waals surface area contributed by atoms with Gasteiger partial charge in [0.2, 0.25) is 5.91 Å². The second-order valence-electron chi connectivity index (χ2n) is 3.66. The fraction of sp³-hybridized carbons (Fsp3) is 0.333. The highest BCUT2D eigenvalue weighted by Gasteiger charge is 2.21. The number of ether oxygens (including phenoxy) is 2. The van der Waals surface area contributed by atoms with Gasteiger partial charge in [-0.15, -0.1) is 0 Å². The summed E-state index contributed by atoms with van der Waals surface area (Å²) in [5, 5.41) is 2.47. The first-order chi connectivity index (χ1) is 8.93. The van der Waals surface area contributed by atoms with Crippen molar-refractivity contribution in [1.29, 1.82) is 0 Å². The van der Waals surface area contributed by atoms with Gasteiger partial charge in [0.05, 0.1) is 11.6 Å². The molecule has 1 unspecified atom stereocenters. The van der Waals surface area contributed by atoms with Crippen LogP contribution in [-0.4, -0.2) is 31.6 Å². The summed E-state index contributed by atoms with van der Waals surface area (Å²) in [6.45, 7) is 1.32. The van der Waals surface area contributed by atoms with Crippen LogP contribution in [0.15, 0.2) is 27.1 Å². The molecule has 1 atom stereocenters. The Hall–Kier alpha value is -1.08. The number of carbonyl (C=O) groups excluding carboxylic acids is 2. The topological polar surface area (TPSA) is 64.6 Å². The molecule has 5 nitrogen and oxygen atoms in total. The molecule has 0 aliphatic carbocycles. The molecule has 1 aromatic rings.